The number of aromatic nitrogens is 2. The van der Waals surface area contributed by atoms with E-state index in [-0.39, 0.29) is 11.7 Å². The third-order valence-electron chi connectivity index (χ3n) is 4.32. The molecule has 1 fully saturated rings. The SMILES string of the molecule is O=C(NCCCN1CCN(c2ncccn2)CC1)c1ccc(F)cc1Br. The first-order valence-electron chi connectivity index (χ1n) is 8.61. The highest BCUT2D eigenvalue weighted by Gasteiger charge is 2.18. The maximum atomic E-state index is 13.1. The number of halogens is 2. The maximum absolute atomic E-state index is 13.1. The Morgan fingerprint density at radius 1 is 1.19 bits per heavy atom. The van der Waals surface area contributed by atoms with Crippen molar-refractivity contribution >= 4 is 27.8 Å². The first-order valence-corrected chi connectivity index (χ1v) is 9.40. The van der Waals surface area contributed by atoms with E-state index in [1.807, 2.05) is 6.07 Å². The Bertz CT molecular complexity index is 738. The lowest BCUT2D eigenvalue weighted by atomic mass is 10.2. The van der Waals surface area contributed by atoms with Gasteiger partial charge in [-0.2, -0.15) is 0 Å². The summed E-state index contributed by atoms with van der Waals surface area (Å²) in [6, 6.07) is 5.89. The van der Waals surface area contributed by atoms with Crippen LogP contribution < -0.4 is 10.2 Å². The van der Waals surface area contributed by atoms with Crippen LogP contribution in [0.1, 0.15) is 16.8 Å². The number of carbonyl (C=O) groups excluding carboxylic acids is 1. The van der Waals surface area contributed by atoms with Crippen molar-refractivity contribution < 1.29 is 9.18 Å². The number of rotatable bonds is 6. The summed E-state index contributed by atoms with van der Waals surface area (Å²) < 4.78 is 13.5. The van der Waals surface area contributed by atoms with Crippen LogP contribution in [-0.2, 0) is 0 Å². The fraction of sp³-hybridized carbons (Fsp3) is 0.389. The summed E-state index contributed by atoms with van der Waals surface area (Å²) in [6.07, 6.45) is 4.39. The molecule has 2 heterocycles. The van der Waals surface area contributed by atoms with E-state index in [9.17, 15) is 9.18 Å². The monoisotopic (exact) mass is 421 g/mol. The molecule has 0 spiro atoms. The van der Waals surface area contributed by atoms with Crippen LogP contribution in [0.4, 0.5) is 10.3 Å². The average Bonchev–Trinajstić information content (AvgIpc) is 2.66. The minimum absolute atomic E-state index is 0.192. The molecule has 1 aromatic carbocycles. The van der Waals surface area contributed by atoms with Crippen LogP contribution in [-0.4, -0.2) is 60.0 Å². The molecular weight excluding hydrogens is 401 g/mol. The number of benzene rings is 1. The van der Waals surface area contributed by atoms with Gasteiger partial charge in [0.1, 0.15) is 5.82 Å². The molecule has 0 aliphatic carbocycles. The molecule has 8 heteroatoms. The van der Waals surface area contributed by atoms with E-state index in [1.54, 1.807) is 12.4 Å². The second-order valence-electron chi connectivity index (χ2n) is 6.11. The molecule has 1 saturated heterocycles. The van der Waals surface area contributed by atoms with Crippen molar-refractivity contribution in [3.63, 3.8) is 0 Å². The highest BCUT2D eigenvalue weighted by Crippen LogP contribution is 2.17. The predicted molar refractivity (Wildman–Crippen MR) is 102 cm³/mol. The van der Waals surface area contributed by atoms with Crippen molar-refractivity contribution in [2.75, 3.05) is 44.2 Å². The van der Waals surface area contributed by atoms with Gasteiger partial charge in [0.05, 0.1) is 5.56 Å². The number of amides is 1. The molecule has 1 aliphatic rings. The molecule has 3 rings (SSSR count). The molecule has 6 nitrogen and oxygen atoms in total. The summed E-state index contributed by atoms with van der Waals surface area (Å²) in [6.45, 7) is 5.22. The van der Waals surface area contributed by atoms with E-state index in [4.69, 9.17) is 0 Å². The summed E-state index contributed by atoms with van der Waals surface area (Å²) in [5, 5.41) is 2.88. The van der Waals surface area contributed by atoms with Crippen LogP contribution >= 0.6 is 15.9 Å². The first kappa shape index (κ1) is 18.7. The van der Waals surface area contributed by atoms with Gasteiger partial charge in [-0.3, -0.25) is 9.69 Å². The van der Waals surface area contributed by atoms with Gasteiger partial charge in [-0.25, -0.2) is 14.4 Å². The molecule has 0 unspecified atom stereocenters. The van der Waals surface area contributed by atoms with Gasteiger partial charge in [0, 0.05) is 49.6 Å². The molecule has 138 valence electrons. The largest absolute Gasteiger partial charge is 0.352 e. The van der Waals surface area contributed by atoms with Crippen molar-refractivity contribution in [1.29, 1.82) is 0 Å². The van der Waals surface area contributed by atoms with Gasteiger partial charge in [0.25, 0.3) is 5.91 Å². The molecular formula is C18H21BrFN5O. The molecule has 1 N–H and O–H groups in total. The zero-order chi connectivity index (χ0) is 18.4. The fourth-order valence-corrected chi connectivity index (χ4v) is 3.43. The quantitative estimate of drug-likeness (QED) is 0.725. The van der Waals surface area contributed by atoms with Crippen LogP contribution in [0.3, 0.4) is 0 Å². The van der Waals surface area contributed by atoms with Crippen molar-refractivity contribution in [1.82, 2.24) is 20.2 Å². The van der Waals surface area contributed by atoms with E-state index in [1.165, 1.54) is 18.2 Å². The van der Waals surface area contributed by atoms with Gasteiger partial charge in [0.15, 0.2) is 0 Å². The third kappa shape index (κ3) is 4.98. The van der Waals surface area contributed by atoms with E-state index in [2.05, 4.69) is 41.0 Å². The lowest BCUT2D eigenvalue weighted by Gasteiger charge is -2.34. The Morgan fingerprint density at radius 2 is 1.92 bits per heavy atom. The zero-order valence-electron chi connectivity index (χ0n) is 14.4. The summed E-state index contributed by atoms with van der Waals surface area (Å²) in [5.74, 6) is 0.223. The minimum atomic E-state index is -0.367. The van der Waals surface area contributed by atoms with Gasteiger partial charge in [-0.15, -0.1) is 0 Å². The molecule has 1 aliphatic heterocycles. The van der Waals surface area contributed by atoms with Gasteiger partial charge in [-0.1, -0.05) is 0 Å². The lowest BCUT2D eigenvalue weighted by molar-refractivity contribution is 0.0950. The van der Waals surface area contributed by atoms with E-state index in [0.717, 1.165) is 45.1 Å². The van der Waals surface area contributed by atoms with Crippen LogP contribution in [0.15, 0.2) is 41.1 Å². The summed E-state index contributed by atoms with van der Waals surface area (Å²) >= 11 is 3.22. The van der Waals surface area contributed by atoms with Crippen molar-refractivity contribution in [2.24, 2.45) is 0 Å². The topological polar surface area (TPSA) is 61.4 Å². The van der Waals surface area contributed by atoms with Gasteiger partial charge < -0.3 is 10.2 Å². The summed E-state index contributed by atoms with van der Waals surface area (Å²) in [5.41, 5.74) is 0.447. The minimum Gasteiger partial charge on any atom is -0.352 e. The molecule has 2 aromatic rings. The standard InChI is InChI=1S/C18H21BrFN5O/c19-16-13-14(20)3-4-15(16)17(26)21-7-2-8-24-9-11-25(12-10-24)18-22-5-1-6-23-18/h1,3-6,13H,2,7-12H2,(H,21,26). The summed E-state index contributed by atoms with van der Waals surface area (Å²) in [7, 11) is 0. The molecule has 1 aromatic heterocycles. The fourth-order valence-electron chi connectivity index (χ4n) is 2.90. The molecule has 0 bridgehead atoms. The van der Waals surface area contributed by atoms with Gasteiger partial charge in [-0.05, 0) is 53.2 Å². The lowest BCUT2D eigenvalue weighted by Crippen LogP contribution is -2.47. The Labute approximate surface area is 160 Å². The van der Waals surface area contributed by atoms with Crippen LogP contribution in [0.25, 0.3) is 0 Å². The number of nitrogens with zero attached hydrogens (tertiary/aromatic N) is 4. The highest BCUT2D eigenvalue weighted by molar-refractivity contribution is 9.10. The zero-order valence-corrected chi connectivity index (χ0v) is 16.0. The summed E-state index contributed by atoms with van der Waals surface area (Å²) in [4.78, 5) is 25.3. The smallest absolute Gasteiger partial charge is 0.252 e. The predicted octanol–water partition coefficient (Wildman–Crippen LogP) is 2.32. The Kier molecular flexibility index (Phi) is 6.51. The number of hydrogen-bond acceptors (Lipinski definition) is 5. The van der Waals surface area contributed by atoms with Gasteiger partial charge >= 0.3 is 0 Å². The Morgan fingerprint density at radius 3 is 2.62 bits per heavy atom. The Balaban J connectivity index is 1.36. The highest BCUT2D eigenvalue weighted by atomic mass is 79.9. The van der Waals surface area contributed by atoms with Crippen molar-refractivity contribution in [3.8, 4) is 0 Å². The van der Waals surface area contributed by atoms with E-state index < -0.39 is 0 Å². The second-order valence-corrected chi connectivity index (χ2v) is 6.97. The molecule has 26 heavy (non-hydrogen) atoms. The number of piperazine rings is 1. The van der Waals surface area contributed by atoms with Gasteiger partial charge in [0.2, 0.25) is 5.95 Å². The maximum Gasteiger partial charge on any atom is 0.252 e. The molecule has 0 radical (unpaired) electrons. The third-order valence-corrected chi connectivity index (χ3v) is 4.98. The number of anilines is 1. The molecule has 1 amide bonds. The number of hydrogen-bond donors (Lipinski definition) is 1. The van der Waals surface area contributed by atoms with E-state index >= 15 is 0 Å². The van der Waals surface area contributed by atoms with Crippen molar-refractivity contribution in [2.45, 2.75) is 6.42 Å². The van der Waals surface area contributed by atoms with Crippen LogP contribution in [0, 0.1) is 5.82 Å². The number of nitrogens with one attached hydrogen (secondary N) is 1. The Hall–Kier alpha value is -2.06. The van der Waals surface area contributed by atoms with Crippen LogP contribution in [0.2, 0.25) is 0 Å². The molecule has 0 saturated carbocycles. The first-order chi connectivity index (χ1) is 12.6. The van der Waals surface area contributed by atoms with Crippen molar-refractivity contribution in [3.05, 3.63) is 52.5 Å². The van der Waals surface area contributed by atoms with E-state index in [0.29, 0.717) is 16.6 Å². The van der Waals surface area contributed by atoms with Crippen LogP contribution in [0.5, 0.6) is 0 Å². The average molecular weight is 422 g/mol. The second kappa shape index (κ2) is 9.05. The molecule has 0 atom stereocenters. The number of carbonyl (C=O) groups is 1. The normalized spacial score (nSPS) is 15.1.